The van der Waals surface area contributed by atoms with E-state index in [1.54, 1.807) is 0 Å². The average Bonchev–Trinajstić information content (AvgIpc) is 2.48. The van der Waals surface area contributed by atoms with E-state index in [0.29, 0.717) is 0 Å². The molecule has 0 radical (unpaired) electrons. The molecule has 3 nitrogen and oxygen atoms in total. The van der Waals surface area contributed by atoms with Crippen molar-refractivity contribution in [1.29, 1.82) is 0 Å². The second-order valence-corrected chi connectivity index (χ2v) is 6.31. The minimum absolute atomic E-state index is 0.163. The second-order valence-electron chi connectivity index (χ2n) is 6.31. The van der Waals surface area contributed by atoms with E-state index in [1.807, 2.05) is 6.07 Å². The summed E-state index contributed by atoms with van der Waals surface area (Å²) in [5.74, 6) is 0.865. The lowest BCUT2D eigenvalue weighted by Gasteiger charge is -2.32. The zero-order valence-electron chi connectivity index (χ0n) is 13.0. The van der Waals surface area contributed by atoms with Crippen LogP contribution in [0.1, 0.15) is 30.9 Å². The number of piperidine rings is 1. The van der Waals surface area contributed by atoms with Gasteiger partial charge in [0.15, 0.2) is 0 Å². The van der Waals surface area contributed by atoms with Gasteiger partial charge in [0.25, 0.3) is 0 Å². The topological polar surface area (TPSA) is 32.5 Å². The minimum Gasteiger partial charge on any atom is -0.324 e. The fraction of sp³-hybridized carbons (Fsp3) is 0.647. The summed E-state index contributed by atoms with van der Waals surface area (Å²) in [7, 11) is 4.45. The quantitative estimate of drug-likeness (QED) is 0.865. The molecule has 20 heavy (non-hydrogen) atoms. The first kappa shape index (κ1) is 15.5. The van der Waals surface area contributed by atoms with Gasteiger partial charge in [0.2, 0.25) is 0 Å². The van der Waals surface area contributed by atoms with E-state index < -0.39 is 0 Å². The molecule has 1 fully saturated rings. The first-order chi connectivity index (χ1) is 9.65. The Balaban J connectivity index is 1.68. The van der Waals surface area contributed by atoms with Gasteiger partial charge in [-0.25, -0.2) is 0 Å². The van der Waals surface area contributed by atoms with Crippen molar-refractivity contribution in [3.63, 3.8) is 0 Å². The summed E-state index contributed by atoms with van der Waals surface area (Å²) in [5, 5.41) is 0. The molecule has 3 heteroatoms. The van der Waals surface area contributed by atoms with E-state index >= 15 is 0 Å². The number of hydrogen-bond donors (Lipinski definition) is 1. The number of nitrogens with zero attached hydrogens (tertiary/aromatic N) is 2. The third kappa shape index (κ3) is 4.89. The molecule has 1 heterocycles. The van der Waals surface area contributed by atoms with Crippen molar-refractivity contribution in [3.05, 3.63) is 35.9 Å². The fourth-order valence-corrected chi connectivity index (χ4v) is 3.00. The van der Waals surface area contributed by atoms with Crippen LogP contribution in [0.5, 0.6) is 0 Å². The molecule has 1 aliphatic rings. The van der Waals surface area contributed by atoms with Gasteiger partial charge >= 0.3 is 0 Å². The highest BCUT2D eigenvalue weighted by atomic mass is 15.1. The van der Waals surface area contributed by atoms with Crippen molar-refractivity contribution in [1.82, 2.24) is 9.80 Å². The molecule has 1 atom stereocenters. The third-order valence-corrected chi connectivity index (χ3v) is 4.46. The summed E-state index contributed by atoms with van der Waals surface area (Å²) in [6, 6.07) is 10.6. The van der Waals surface area contributed by atoms with Crippen LogP contribution >= 0.6 is 0 Å². The summed E-state index contributed by atoms with van der Waals surface area (Å²) < 4.78 is 0. The van der Waals surface area contributed by atoms with Gasteiger partial charge in [0.05, 0.1) is 0 Å². The van der Waals surface area contributed by atoms with Crippen molar-refractivity contribution in [2.45, 2.75) is 25.3 Å². The van der Waals surface area contributed by atoms with Gasteiger partial charge in [-0.3, -0.25) is 0 Å². The van der Waals surface area contributed by atoms with E-state index in [4.69, 9.17) is 5.73 Å². The molecular formula is C17H29N3. The van der Waals surface area contributed by atoms with Crippen molar-refractivity contribution in [2.24, 2.45) is 11.7 Å². The van der Waals surface area contributed by atoms with Gasteiger partial charge in [0, 0.05) is 12.6 Å². The van der Waals surface area contributed by atoms with Gasteiger partial charge in [-0.15, -0.1) is 0 Å². The van der Waals surface area contributed by atoms with E-state index in [9.17, 15) is 0 Å². The molecule has 1 aromatic rings. The Bertz CT molecular complexity index is 371. The molecule has 1 aromatic carbocycles. The van der Waals surface area contributed by atoms with Gasteiger partial charge in [-0.05, 0) is 64.5 Å². The van der Waals surface area contributed by atoms with Gasteiger partial charge < -0.3 is 15.5 Å². The molecule has 0 aliphatic carbocycles. The molecule has 1 saturated heterocycles. The molecule has 0 amide bonds. The number of benzene rings is 1. The van der Waals surface area contributed by atoms with E-state index in [1.165, 1.54) is 38.0 Å². The zero-order chi connectivity index (χ0) is 14.4. The number of likely N-dealkylation sites (tertiary alicyclic amines) is 1. The second kappa shape index (κ2) is 7.77. The van der Waals surface area contributed by atoms with Crippen LogP contribution in [-0.4, -0.2) is 50.1 Å². The number of nitrogens with two attached hydrogens (primary N) is 1. The van der Waals surface area contributed by atoms with Crippen molar-refractivity contribution in [2.75, 3.05) is 40.3 Å². The summed E-state index contributed by atoms with van der Waals surface area (Å²) in [6.07, 6.45) is 3.71. The highest BCUT2D eigenvalue weighted by Gasteiger charge is 2.18. The predicted molar refractivity (Wildman–Crippen MR) is 85.7 cm³/mol. The number of hydrogen-bond acceptors (Lipinski definition) is 3. The van der Waals surface area contributed by atoms with Crippen LogP contribution in [0.3, 0.4) is 0 Å². The highest BCUT2D eigenvalue weighted by Crippen LogP contribution is 2.18. The van der Waals surface area contributed by atoms with E-state index in [2.05, 4.69) is 48.2 Å². The predicted octanol–water partition coefficient (Wildman–Crippen LogP) is 2.35. The Morgan fingerprint density at radius 1 is 1.25 bits per heavy atom. The van der Waals surface area contributed by atoms with Crippen LogP contribution in [0.15, 0.2) is 30.3 Å². The molecular weight excluding hydrogens is 246 g/mol. The fourth-order valence-electron chi connectivity index (χ4n) is 3.00. The van der Waals surface area contributed by atoms with Gasteiger partial charge in [0.1, 0.15) is 0 Å². The largest absolute Gasteiger partial charge is 0.324 e. The Kier molecular flexibility index (Phi) is 6.02. The Morgan fingerprint density at radius 2 is 1.90 bits per heavy atom. The molecule has 112 valence electrons. The average molecular weight is 275 g/mol. The summed E-state index contributed by atoms with van der Waals surface area (Å²) in [5.41, 5.74) is 7.51. The van der Waals surface area contributed by atoms with E-state index in [0.717, 1.165) is 18.9 Å². The SMILES string of the molecule is CN1CCC(CN(C)CCC(N)c2ccccc2)CC1. The van der Waals surface area contributed by atoms with Crippen LogP contribution in [0.25, 0.3) is 0 Å². The minimum atomic E-state index is 0.163. The summed E-state index contributed by atoms with van der Waals surface area (Å²) in [4.78, 5) is 4.89. The molecule has 0 aromatic heterocycles. The molecule has 0 spiro atoms. The molecule has 0 saturated carbocycles. The molecule has 2 rings (SSSR count). The first-order valence-electron chi connectivity index (χ1n) is 7.83. The number of rotatable bonds is 6. The lowest BCUT2D eigenvalue weighted by molar-refractivity contribution is 0.174. The normalized spacial score (nSPS) is 19.4. The first-order valence-corrected chi connectivity index (χ1v) is 7.83. The summed E-state index contributed by atoms with van der Waals surface area (Å²) >= 11 is 0. The van der Waals surface area contributed by atoms with Crippen molar-refractivity contribution in [3.8, 4) is 0 Å². The van der Waals surface area contributed by atoms with Crippen LogP contribution in [0.2, 0.25) is 0 Å². The highest BCUT2D eigenvalue weighted by molar-refractivity contribution is 5.18. The third-order valence-electron chi connectivity index (χ3n) is 4.46. The lowest BCUT2D eigenvalue weighted by Crippen LogP contribution is -2.36. The zero-order valence-corrected chi connectivity index (χ0v) is 13.0. The molecule has 1 aliphatic heterocycles. The maximum atomic E-state index is 6.26. The van der Waals surface area contributed by atoms with E-state index in [-0.39, 0.29) is 6.04 Å². The van der Waals surface area contributed by atoms with Crippen LogP contribution < -0.4 is 5.73 Å². The van der Waals surface area contributed by atoms with Gasteiger partial charge in [-0.1, -0.05) is 30.3 Å². The maximum Gasteiger partial charge on any atom is 0.0307 e. The van der Waals surface area contributed by atoms with Gasteiger partial charge in [-0.2, -0.15) is 0 Å². The smallest absolute Gasteiger partial charge is 0.0307 e. The van der Waals surface area contributed by atoms with Crippen molar-refractivity contribution >= 4 is 0 Å². The lowest BCUT2D eigenvalue weighted by atomic mass is 9.96. The van der Waals surface area contributed by atoms with Crippen LogP contribution in [-0.2, 0) is 0 Å². The standard InChI is InChI=1S/C17H29N3/c1-19-11-8-15(9-12-19)14-20(2)13-10-17(18)16-6-4-3-5-7-16/h3-7,15,17H,8-14,18H2,1-2H3. The monoisotopic (exact) mass is 275 g/mol. The Labute approximate surface area is 123 Å². The van der Waals surface area contributed by atoms with Crippen molar-refractivity contribution < 1.29 is 0 Å². The molecule has 1 unspecified atom stereocenters. The van der Waals surface area contributed by atoms with Crippen LogP contribution in [0, 0.1) is 5.92 Å². The summed E-state index contributed by atoms with van der Waals surface area (Å²) in [6.45, 7) is 4.81. The maximum absolute atomic E-state index is 6.26. The Morgan fingerprint density at radius 3 is 2.55 bits per heavy atom. The van der Waals surface area contributed by atoms with Crippen LogP contribution in [0.4, 0.5) is 0 Å². The Hall–Kier alpha value is -0.900. The molecule has 0 bridgehead atoms. The molecule has 2 N–H and O–H groups in total.